The molecule has 3 rings (SSSR count). The van der Waals surface area contributed by atoms with E-state index in [1.165, 1.54) is 5.56 Å². The van der Waals surface area contributed by atoms with E-state index < -0.39 is 0 Å². The van der Waals surface area contributed by atoms with Crippen LogP contribution < -0.4 is 15.4 Å². The van der Waals surface area contributed by atoms with Crippen molar-refractivity contribution in [2.75, 3.05) is 17.2 Å². The number of hydrogen-bond donors (Lipinski definition) is 2. The van der Waals surface area contributed by atoms with Crippen molar-refractivity contribution in [3.63, 3.8) is 0 Å². The molecule has 0 fully saturated rings. The van der Waals surface area contributed by atoms with E-state index in [0.29, 0.717) is 13.0 Å². The maximum absolute atomic E-state index is 12.1. The largest absolute Gasteiger partial charge is 0.493 e. The van der Waals surface area contributed by atoms with Crippen LogP contribution in [0.15, 0.2) is 78.9 Å². The summed E-state index contributed by atoms with van der Waals surface area (Å²) in [5, 5.41) is 6.20. The third-order valence-electron chi connectivity index (χ3n) is 4.16. The Bertz CT molecular complexity index is 844. The molecule has 0 radical (unpaired) electrons. The van der Waals surface area contributed by atoms with Gasteiger partial charge in [0.05, 0.1) is 13.0 Å². The Morgan fingerprint density at radius 2 is 1.44 bits per heavy atom. The lowest BCUT2D eigenvalue weighted by molar-refractivity contribution is -0.116. The summed E-state index contributed by atoms with van der Waals surface area (Å²) < 4.78 is 5.63. The second kappa shape index (κ2) is 9.43. The number of carbonyl (C=O) groups is 1. The van der Waals surface area contributed by atoms with E-state index in [9.17, 15) is 4.79 Å². The number of anilines is 3. The lowest BCUT2D eigenvalue weighted by atomic mass is 10.2. The standard InChI is InChI=1S/C23H24N2O2/c1-2-18-8-14-22(15-9-18)27-17-16-23(26)25-21-12-10-20(11-13-21)24-19-6-4-3-5-7-19/h3-15,24H,2,16-17H2,1H3,(H,25,26). The molecule has 0 aliphatic rings. The summed E-state index contributed by atoms with van der Waals surface area (Å²) in [6, 6.07) is 25.6. The monoisotopic (exact) mass is 360 g/mol. The van der Waals surface area contributed by atoms with Gasteiger partial charge in [0.2, 0.25) is 5.91 Å². The molecule has 1 amide bonds. The molecule has 138 valence electrons. The second-order valence-corrected chi connectivity index (χ2v) is 6.21. The number of rotatable bonds is 8. The number of para-hydroxylation sites is 1. The minimum absolute atomic E-state index is 0.0658. The van der Waals surface area contributed by atoms with Gasteiger partial charge in [-0.1, -0.05) is 37.3 Å². The highest BCUT2D eigenvalue weighted by atomic mass is 16.5. The molecule has 3 aromatic rings. The third-order valence-corrected chi connectivity index (χ3v) is 4.16. The minimum Gasteiger partial charge on any atom is -0.493 e. The first-order valence-corrected chi connectivity index (χ1v) is 9.16. The number of nitrogens with one attached hydrogen (secondary N) is 2. The predicted molar refractivity (Wildman–Crippen MR) is 111 cm³/mol. The topological polar surface area (TPSA) is 50.4 Å². The highest BCUT2D eigenvalue weighted by Gasteiger charge is 2.04. The molecular formula is C23H24N2O2. The molecule has 0 bridgehead atoms. The van der Waals surface area contributed by atoms with Crippen molar-refractivity contribution in [3.05, 3.63) is 84.4 Å². The van der Waals surface area contributed by atoms with E-state index in [1.807, 2.05) is 78.9 Å². The highest BCUT2D eigenvalue weighted by Crippen LogP contribution is 2.19. The molecule has 3 aromatic carbocycles. The number of hydrogen-bond acceptors (Lipinski definition) is 3. The summed E-state index contributed by atoms with van der Waals surface area (Å²) in [6.45, 7) is 2.47. The zero-order valence-corrected chi connectivity index (χ0v) is 15.4. The predicted octanol–water partition coefficient (Wildman–Crippen LogP) is 5.40. The first kappa shape index (κ1) is 18.5. The minimum atomic E-state index is -0.0658. The summed E-state index contributed by atoms with van der Waals surface area (Å²) in [4.78, 5) is 12.1. The van der Waals surface area contributed by atoms with Crippen LogP contribution in [0.25, 0.3) is 0 Å². The molecule has 27 heavy (non-hydrogen) atoms. The van der Waals surface area contributed by atoms with Crippen LogP contribution in [-0.2, 0) is 11.2 Å². The molecule has 0 aliphatic carbocycles. The average Bonchev–Trinajstić information content (AvgIpc) is 2.71. The molecule has 0 saturated carbocycles. The van der Waals surface area contributed by atoms with Gasteiger partial charge < -0.3 is 15.4 Å². The van der Waals surface area contributed by atoms with Crippen molar-refractivity contribution in [1.82, 2.24) is 0 Å². The van der Waals surface area contributed by atoms with Crippen LogP contribution in [0.2, 0.25) is 0 Å². The smallest absolute Gasteiger partial charge is 0.227 e. The molecule has 0 aromatic heterocycles. The molecule has 0 unspecified atom stereocenters. The number of amides is 1. The van der Waals surface area contributed by atoms with Crippen LogP contribution in [0.5, 0.6) is 5.75 Å². The number of ether oxygens (including phenoxy) is 1. The van der Waals surface area contributed by atoms with Crippen LogP contribution in [0.4, 0.5) is 17.1 Å². The van der Waals surface area contributed by atoms with E-state index in [1.54, 1.807) is 0 Å². The number of benzene rings is 3. The summed E-state index contributed by atoms with van der Waals surface area (Å²) in [6.07, 6.45) is 1.31. The first-order chi connectivity index (χ1) is 13.2. The zero-order chi connectivity index (χ0) is 18.9. The first-order valence-electron chi connectivity index (χ1n) is 9.16. The summed E-state index contributed by atoms with van der Waals surface area (Å²) in [5.74, 6) is 0.722. The van der Waals surface area contributed by atoms with Crippen LogP contribution in [-0.4, -0.2) is 12.5 Å². The fraction of sp³-hybridized carbons (Fsp3) is 0.174. The van der Waals surface area contributed by atoms with Crippen LogP contribution in [0.3, 0.4) is 0 Å². The van der Waals surface area contributed by atoms with Crippen molar-refractivity contribution in [2.45, 2.75) is 19.8 Å². The van der Waals surface area contributed by atoms with E-state index >= 15 is 0 Å². The maximum Gasteiger partial charge on any atom is 0.227 e. The maximum atomic E-state index is 12.1. The molecule has 0 aliphatic heterocycles. The van der Waals surface area contributed by atoms with E-state index in [4.69, 9.17) is 4.74 Å². The van der Waals surface area contributed by atoms with E-state index in [0.717, 1.165) is 29.2 Å². The fourth-order valence-corrected chi connectivity index (χ4v) is 2.63. The van der Waals surface area contributed by atoms with Gasteiger partial charge >= 0.3 is 0 Å². The van der Waals surface area contributed by atoms with Crippen molar-refractivity contribution in [1.29, 1.82) is 0 Å². The van der Waals surface area contributed by atoms with E-state index in [-0.39, 0.29) is 5.91 Å². The Morgan fingerprint density at radius 1 is 0.815 bits per heavy atom. The van der Waals surface area contributed by atoms with Gasteiger partial charge in [0, 0.05) is 17.1 Å². The zero-order valence-electron chi connectivity index (χ0n) is 15.4. The fourth-order valence-electron chi connectivity index (χ4n) is 2.63. The van der Waals surface area contributed by atoms with Gasteiger partial charge in [-0.05, 0) is 60.5 Å². The summed E-state index contributed by atoms with van der Waals surface area (Å²) >= 11 is 0. The van der Waals surface area contributed by atoms with Crippen molar-refractivity contribution in [3.8, 4) is 5.75 Å². The molecule has 0 atom stereocenters. The second-order valence-electron chi connectivity index (χ2n) is 6.21. The quantitative estimate of drug-likeness (QED) is 0.565. The Balaban J connectivity index is 1.43. The van der Waals surface area contributed by atoms with Gasteiger partial charge in [-0.25, -0.2) is 0 Å². The SMILES string of the molecule is CCc1ccc(OCCC(=O)Nc2ccc(Nc3ccccc3)cc2)cc1. The van der Waals surface area contributed by atoms with Gasteiger partial charge in [0.25, 0.3) is 0 Å². The van der Waals surface area contributed by atoms with Crippen molar-refractivity contribution in [2.24, 2.45) is 0 Å². The van der Waals surface area contributed by atoms with Gasteiger partial charge in [-0.2, -0.15) is 0 Å². The summed E-state index contributed by atoms with van der Waals surface area (Å²) in [7, 11) is 0. The highest BCUT2D eigenvalue weighted by molar-refractivity contribution is 5.91. The molecule has 0 saturated heterocycles. The van der Waals surface area contributed by atoms with Crippen LogP contribution >= 0.6 is 0 Å². The molecule has 2 N–H and O–H groups in total. The van der Waals surface area contributed by atoms with Gasteiger partial charge in [-0.15, -0.1) is 0 Å². The van der Waals surface area contributed by atoms with Crippen LogP contribution in [0.1, 0.15) is 18.9 Å². The molecule has 0 spiro atoms. The average molecular weight is 360 g/mol. The molecular weight excluding hydrogens is 336 g/mol. The van der Waals surface area contributed by atoms with Crippen LogP contribution in [0, 0.1) is 0 Å². The van der Waals surface area contributed by atoms with Gasteiger partial charge in [-0.3, -0.25) is 4.79 Å². The van der Waals surface area contributed by atoms with Crippen molar-refractivity contribution < 1.29 is 9.53 Å². The Labute approximate surface area is 160 Å². The molecule has 0 heterocycles. The normalized spacial score (nSPS) is 10.3. The molecule has 4 heteroatoms. The Morgan fingerprint density at radius 3 is 2.11 bits per heavy atom. The molecule has 4 nitrogen and oxygen atoms in total. The Hall–Kier alpha value is -3.27. The lowest BCUT2D eigenvalue weighted by Crippen LogP contribution is -2.15. The van der Waals surface area contributed by atoms with E-state index in [2.05, 4.69) is 17.6 Å². The van der Waals surface area contributed by atoms with Gasteiger partial charge in [0.15, 0.2) is 0 Å². The third kappa shape index (κ3) is 5.89. The number of carbonyl (C=O) groups excluding carboxylic acids is 1. The van der Waals surface area contributed by atoms with Gasteiger partial charge in [0.1, 0.15) is 5.75 Å². The number of aryl methyl sites for hydroxylation is 1. The summed E-state index contributed by atoms with van der Waals surface area (Å²) in [5.41, 5.74) is 4.03. The Kier molecular flexibility index (Phi) is 6.47. The van der Waals surface area contributed by atoms with Crippen molar-refractivity contribution >= 4 is 23.0 Å². The lowest BCUT2D eigenvalue weighted by Gasteiger charge is -2.09.